The zero-order valence-corrected chi connectivity index (χ0v) is 15.8. The molecular weight excluding hydrogens is 362 g/mol. The third-order valence-corrected chi connectivity index (χ3v) is 4.77. The zero-order chi connectivity index (χ0) is 19.2. The van der Waals surface area contributed by atoms with Crippen molar-refractivity contribution in [2.45, 2.75) is 18.1 Å². The quantitative estimate of drug-likeness (QED) is 0.482. The highest BCUT2D eigenvalue weighted by molar-refractivity contribution is 7.99. The van der Waals surface area contributed by atoms with E-state index in [2.05, 4.69) is 9.97 Å². The van der Waals surface area contributed by atoms with Crippen LogP contribution in [0.15, 0.2) is 65.8 Å². The molecule has 1 heterocycles. The van der Waals surface area contributed by atoms with Crippen molar-refractivity contribution in [3.8, 4) is 0 Å². The van der Waals surface area contributed by atoms with Crippen LogP contribution in [0.1, 0.15) is 6.92 Å². The van der Waals surface area contributed by atoms with E-state index in [1.165, 1.54) is 16.7 Å². The van der Waals surface area contributed by atoms with Gasteiger partial charge in [-0.2, -0.15) is 0 Å². The minimum Gasteiger partial charge on any atom is -0.452 e. The van der Waals surface area contributed by atoms with Crippen LogP contribution >= 0.6 is 11.8 Å². The SMILES string of the molecule is CC(OC(=O)CSc1cnc2ccccc2n1)C(=O)N(C)c1ccccc1. The lowest BCUT2D eigenvalue weighted by molar-refractivity contribution is -0.151. The van der Waals surface area contributed by atoms with Gasteiger partial charge in [-0.3, -0.25) is 14.6 Å². The highest BCUT2D eigenvalue weighted by Crippen LogP contribution is 2.18. The number of thioether (sulfide) groups is 1. The number of nitrogens with zero attached hydrogens (tertiary/aromatic N) is 3. The van der Waals surface area contributed by atoms with Gasteiger partial charge >= 0.3 is 5.97 Å². The molecule has 0 spiro atoms. The molecule has 0 bridgehead atoms. The fourth-order valence-corrected chi connectivity index (χ4v) is 3.10. The maximum Gasteiger partial charge on any atom is 0.317 e. The van der Waals surface area contributed by atoms with Crippen molar-refractivity contribution in [3.63, 3.8) is 0 Å². The van der Waals surface area contributed by atoms with E-state index in [1.54, 1.807) is 20.2 Å². The van der Waals surface area contributed by atoms with Crippen LogP contribution in [0.25, 0.3) is 11.0 Å². The molecule has 0 fully saturated rings. The molecule has 1 atom stereocenters. The van der Waals surface area contributed by atoms with Gasteiger partial charge < -0.3 is 9.64 Å². The molecule has 0 N–H and O–H groups in total. The van der Waals surface area contributed by atoms with E-state index in [0.717, 1.165) is 16.7 Å². The average Bonchev–Trinajstić information content (AvgIpc) is 2.71. The Bertz CT molecular complexity index is 949. The Morgan fingerprint density at radius 1 is 1.07 bits per heavy atom. The van der Waals surface area contributed by atoms with Crippen LogP contribution < -0.4 is 4.90 Å². The van der Waals surface area contributed by atoms with E-state index < -0.39 is 12.1 Å². The molecule has 0 aliphatic rings. The van der Waals surface area contributed by atoms with Gasteiger partial charge in [0, 0.05) is 12.7 Å². The van der Waals surface area contributed by atoms with E-state index >= 15 is 0 Å². The summed E-state index contributed by atoms with van der Waals surface area (Å²) in [5.41, 5.74) is 2.31. The van der Waals surface area contributed by atoms with Crippen LogP contribution in [0, 0.1) is 0 Å². The van der Waals surface area contributed by atoms with E-state index in [9.17, 15) is 9.59 Å². The predicted molar refractivity (Wildman–Crippen MR) is 106 cm³/mol. The van der Waals surface area contributed by atoms with Crippen LogP contribution in [0.2, 0.25) is 0 Å². The number of hydrogen-bond acceptors (Lipinski definition) is 6. The number of hydrogen-bond donors (Lipinski definition) is 0. The number of carbonyl (C=O) groups is 2. The van der Waals surface area contributed by atoms with E-state index in [1.807, 2.05) is 54.6 Å². The van der Waals surface area contributed by atoms with Gasteiger partial charge in [0.25, 0.3) is 5.91 Å². The summed E-state index contributed by atoms with van der Waals surface area (Å²) in [6, 6.07) is 16.7. The van der Waals surface area contributed by atoms with Crippen LogP contribution in [0.3, 0.4) is 0 Å². The van der Waals surface area contributed by atoms with Crippen molar-refractivity contribution in [1.29, 1.82) is 0 Å². The first-order valence-corrected chi connectivity index (χ1v) is 9.40. The fourth-order valence-electron chi connectivity index (χ4n) is 2.48. The average molecular weight is 381 g/mol. The maximum absolute atomic E-state index is 12.4. The number of ether oxygens (including phenoxy) is 1. The standard InChI is InChI=1S/C20H19N3O3S/c1-14(20(25)23(2)15-8-4-3-5-9-15)26-19(24)13-27-18-12-21-16-10-6-7-11-17(16)22-18/h3-12,14H,13H2,1-2H3. The Morgan fingerprint density at radius 3 is 2.48 bits per heavy atom. The summed E-state index contributed by atoms with van der Waals surface area (Å²) < 4.78 is 5.26. The van der Waals surface area contributed by atoms with Crippen molar-refractivity contribution >= 4 is 40.4 Å². The summed E-state index contributed by atoms with van der Waals surface area (Å²) in [6.45, 7) is 1.57. The van der Waals surface area contributed by atoms with Crippen molar-refractivity contribution in [2.24, 2.45) is 0 Å². The summed E-state index contributed by atoms with van der Waals surface area (Å²) >= 11 is 1.23. The molecule has 138 valence electrons. The number of amides is 1. The number of likely N-dealkylation sites (N-methyl/N-ethyl adjacent to an activating group) is 1. The lowest BCUT2D eigenvalue weighted by Crippen LogP contribution is -2.37. The van der Waals surface area contributed by atoms with Crippen LogP contribution in [0.5, 0.6) is 0 Å². The number of benzene rings is 2. The van der Waals surface area contributed by atoms with E-state index in [4.69, 9.17) is 4.74 Å². The van der Waals surface area contributed by atoms with Crippen molar-refractivity contribution in [2.75, 3.05) is 17.7 Å². The molecule has 3 aromatic rings. The topological polar surface area (TPSA) is 72.4 Å². The van der Waals surface area contributed by atoms with Crippen molar-refractivity contribution in [3.05, 3.63) is 60.8 Å². The number of carbonyl (C=O) groups excluding carboxylic acids is 2. The number of aromatic nitrogens is 2. The molecule has 27 heavy (non-hydrogen) atoms. The Hall–Kier alpha value is -2.93. The van der Waals surface area contributed by atoms with Gasteiger partial charge in [0.2, 0.25) is 0 Å². The van der Waals surface area contributed by atoms with Gasteiger partial charge in [0.15, 0.2) is 6.10 Å². The number of esters is 1. The number of para-hydroxylation sites is 3. The van der Waals surface area contributed by atoms with Gasteiger partial charge in [-0.1, -0.05) is 42.1 Å². The predicted octanol–water partition coefficient (Wildman–Crippen LogP) is 3.32. The summed E-state index contributed by atoms with van der Waals surface area (Å²) in [4.78, 5) is 34.7. The monoisotopic (exact) mass is 381 g/mol. The fraction of sp³-hybridized carbons (Fsp3) is 0.200. The minimum atomic E-state index is -0.869. The molecule has 2 aromatic carbocycles. The van der Waals surface area contributed by atoms with Gasteiger partial charge in [-0.05, 0) is 31.2 Å². The molecule has 6 nitrogen and oxygen atoms in total. The molecule has 3 rings (SSSR count). The maximum atomic E-state index is 12.4. The Labute approximate surface area is 161 Å². The zero-order valence-electron chi connectivity index (χ0n) is 15.0. The van der Waals surface area contributed by atoms with Crippen molar-refractivity contribution in [1.82, 2.24) is 9.97 Å². The molecule has 0 aliphatic heterocycles. The highest BCUT2D eigenvalue weighted by Gasteiger charge is 2.22. The van der Waals surface area contributed by atoms with Crippen molar-refractivity contribution < 1.29 is 14.3 Å². The number of rotatable bonds is 6. The normalized spacial score (nSPS) is 11.8. The number of anilines is 1. The molecule has 1 unspecified atom stereocenters. The van der Waals surface area contributed by atoms with Gasteiger partial charge in [-0.25, -0.2) is 4.98 Å². The van der Waals surface area contributed by atoms with Gasteiger partial charge in [0.05, 0.1) is 23.0 Å². The molecule has 0 aliphatic carbocycles. The second-order valence-electron chi connectivity index (χ2n) is 5.85. The third-order valence-electron chi connectivity index (χ3n) is 3.89. The molecule has 1 amide bonds. The molecule has 1 aromatic heterocycles. The Morgan fingerprint density at radius 2 is 1.74 bits per heavy atom. The van der Waals surface area contributed by atoms with E-state index in [-0.39, 0.29) is 11.7 Å². The minimum absolute atomic E-state index is 0.0552. The Balaban J connectivity index is 1.54. The first kappa shape index (κ1) is 18.8. The van der Waals surface area contributed by atoms with Crippen LogP contribution in [0.4, 0.5) is 5.69 Å². The van der Waals surface area contributed by atoms with Crippen LogP contribution in [-0.4, -0.2) is 40.7 Å². The van der Waals surface area contributed by atoms with Gasteiger partial charge in [-0.15, -0.1) is 0 Å². The second kappa shape index (κ2) is 8.64. The second-order valence-corrected chi connectivity index (χ2v) is 6.85. The summed E-state index contributed by atoms with van der Waals surface area (Å²) in [6.07, 6.45) is 0.754. The summed E-state index contributed by atoms with van der Waals surface area (Å²) in [5.74, 6) is -0.706. The first-order valence-electron chi connectivity index (χ1n) is 8.41. The van der Waals surface area contributed by atoms with Crippen LogP contribution in [-0.2, 0) is 14.3 Å². The summed E-state index contributed by atoms with van der Waals surface area (Å²) in [5, 5.41) is 0.631. The highest BCUT2D eigenvalue weighted by atomic mass is 32.2. The first-order chi connectivity index (χ1) is 13.0. The summed E-state index contributed by atoms with van der Waals surface area (Å²) in [7, 11) is 1.65. The molecule has 7 heteroatoms. The lowest BCUT2D eigenvalue weighted by atomic mass is 10.2. The Kier molecular flexibility index (Phi) is 6.03. The molecular formula is C20H19N3O3S. The molecule has 0 saturated carbocycles. The third kappa shape index (κ3) is 4.83. The largest absolute Gasteiger partial charge is 0.452 e. The molecule has 0 radical (unpaired) electrons. The lowest BCUT2D eigenvalue weighted by Gasteiger charge is -2.21. The smallest absolute Gasteiger partial charge is 0.317 e. The molecule has 0 saturated heterocycles. The van der Waals surface area contributed by atoms with E-state index in [0.29, 0.717) is 5.03 Å². The van der Waals surface area contributed by atoms with Gasteiger partial charge in [0.1, 0.15) is 5.03 Å². The number of fused-ring (bicyclic) bond motifs is 1.